The molecule has 1 fully saturated rings. The topological polar surface area (TPSA) is 101 Å². The van der Waals surface area contributed by atoms with Crippen molar-refractivity contribution in [2.24, 2.45) is 17.0 Å². The number of carbonyl (C=O) groups is 1. The van der Waals surface area contributed by atoms with Gasteiger partial charge in [0, 0.05) is 12.1 Å². The second kappa shape index (κ2) is 7.63. The smallest absolute Gasteiger partial charge is 0.238 e. The zero-order valence-corrected chi connectivity index (χ0v) is 15.4. The molecule has 1 heterocycles. The third kappa shape index (κ3) is 4.78. The molecule has 0 aliphatic carbocycles. The van der Waals surface area contributed by atoms with Crippen molar-refractivity contribution in [3.05, 3.63) is 23.3 Å². The molecule has 1 aromatic rings. The lowest BCUT2D eigenvalue weighted by Crippen LogP contribution is -2.34. The highest BCUT2D eigenvalue weighted by atomic mass is 32.2. The lowest BCUT2D eigenvalue weighted by molar-refractivity contribution is -0.117. The monoisotopic (exact) mass is 353 g/mol. The molecule has 4 N–H and O–H groups in total. The molecule has 1 aliphatic heterocycles. The normalized spacial score (nSPS) is 19.8. The molecular weight excluding hydrogens is 326 g/mol. The molecule has 1 aromatic carbocycles. The number of aryl methyl sites for hydroxylation is 1. The van der Waals surface area contributed by atoms with Crippen LogP contribution in [0.4, 0.5) is 5.69 Å². The van der Waals surface area contributed by atoms with Gasteiger partial charge in [-0.3, -0.25) is 4.79 Å². The first kappa shape index (κ1) is 18.9. The third-order valence-electron chi connectivity index (χ3n) is 4.89. The summed E-state index contributed by atoms with van der Waals surface area (Å²) in [5.41, 5.74) is 2.14. The number of hydrogen-bond donors (Lipinski definition) is 3. The number of nitrogens with two attached hydrogens (primary N) is 1. The van der Waals surface area contributed by atoms with Crippen LogP contribution in [0, 0.1) is 25.7 Å². The molecule has 134 valence electrons. The highest BCUT2D eigenvalue weighted by Crippen LogP contribution is 2.26. The molecule has 0 saturated carbocycles. The Labute approximate surface area is 144 Å². The van der Waals surface area contributed by atoms with E-state index in [1.54, 1.807) is 6.92 Å². The van der Waals surface area contributed by atoms with E-state index in [9.17, 15) is 13.2 Å². The van der Waals surface area contributed by atoms with E-state index in [1.807, 2.05) is 6.92 Å². The lowest BCUT2D eigenvalue weighted by atomic mass is 9.85. The van der Waals surface area contributed by atoms with Crippen molar-refractivity contribution >= 4 is 21.6 Å². The van der Waals surface area contributed by atoms with Gasteiger partial charge in [0.15, 0.2) is 0 Å². The van der Waals surface area contributed by atoms with Gasteiger partial charge in [0.25, 0.3) is 0 Å². The van der Waals surface area contributed by atoms with Crippen molar-refractivity contribution in [3.63, 3.8) is 0 Å². The Bertz CT molecular complexity index is 710. The van der Waals surface area contributed by atoms with Gasteiger partial charge in [-0.2, -0.15) is 0 Å². The number of sulfonamides is 1. The molecule has 1 aliphatic rings. The first-order valence-corrected chi connectivity index (χ1v) is 9.87. The maximum Gasteiger partial charge on any atom is 0.238 e. The summed E-state index contributed by atoms with van der Waals surface area (Å²) in [6.45, 7) is 7.75. The van der Waals surface area contributed by atoms with Gasteiger partial charge < -0.3 is 10.6 Å². The minimum Gasteiger partial charge on any atom is -0.326 e. The van der Waals surface area contributed by atoms with Gasteiger partial charge in [0.2, 0.25) is 15.9 Å². The van der Waals surface area contributed by atoms with E-state index in [1.165, 1.54) is 12.1 Å². The summed E-state index contributed by atoms with van der Waals surface area (Å²) in [6.07, 6.45) is 2.70. The van der Waals surface area contributed by atoms with Crippen LogP contribution in [0.5, 0.6) is 0 Å². The molecule has 1 amide bonds. The number of benzene rings is 1. The molecule has 2 unspecified atom stereocenters. The van der Waals surface area contributed by atoms with Crippen molar-refractivity contribution in [2.75, 3.05) is 18.4 Å². The minimum atomic E-state index is -3.80. The Morgan fingerprint density at radius 1 is 1.42 bits per heavy atom. The van der Waals surface area contributed by atoms with Gasteiger partial charge in [-0.05, 0) is 74.9 Å². The van der Waals surface area contributed by atoms with Crippen molar-refractivity contribution < 1.29 is 13.2 Å². The fourth-order valence-corrected chi connectivity index (χ4v) is 3.77. The largest absolute Gasteiger partial charge is 0.326 e. The molecule has 6 nitrogen and oxygen atoms in total. The van der Waals surface area contributed by atoms with Gasteiger partial charge in [0.05, 0.1) is 4.90 Å². The van der Waals surface area contributed by atoms with Gasteiger partial charge in [-0.1, -0.05) is 6.92 Å². The van der Waals surface area contributed by atoms with Crippen LogP contribution in [0.15, 0.2) is 17.0 Å². The number of hydrogen-bond acceptors (Lipinski definition) is 4. The second-order valence-corrected chi connectivity index (χ2v) is 8.36. The number of amides is 1. The molecule has 0 radical (unpaired) electrons. The highest BCUT2D eigenvalue weighted by molar-refractivity contribution is 7.89. The number of rotatable bonds is 5. The average molecular weight is 353 g/mol. The summed E-state index contributed by atoms with van der Waals surface area (Å²) in [5.74, 6) is 0.686. The van der Waals surface area contributed by atoms with E-state index >= 15 is 0 Å². The summed E-state index contributed by atoms with van der Waals surface area (Å²) < 4.78 is 23.2. The Balaban J connectivity index is 2.09. The van der Waals surface area contributed by atoms with Crippen LogP contribution in [-0.4, -0.2) is 27.4 Å². The molecule has 0 aromatic heterocycles. The summed E-state index contributed by atoms with van der Waals surface area (Å²) in [7, 11) is -3.80. The zero-order chi connectivity index (χ0) is 17.9. The molecule has 1 saturated heterocycles. The molecule has 0 bridgehead atoms. The third-order valence-corrected chi connectivity index (χ3v) is 5.78. The van der Waals surface area contributed by atoms with Crippen LogP contribution in [-0.2, 0) is 14.8 Å². The van der Waals surface area contributed by atoms with Gasteiger partial charge in [-0.15, -0.1) is 0 Å². The maximum atomic E-state index is 12.4. The van der Waals surface area contributed by atoms with Crippen molar-refractivity contribution in [1.29, 1.82) is 0 Å². The average Bonchev–Trinajstić information content (AvgIpc) is 2.51. The Morgan fingerprint density at radius 3 is 2.71 bits per heavy atom. The Kier molecular flexibility index (Phi) is 6.01. The first-order valence-electron chi connectivity index (χ1n) is 8.33. The quantitative estimate of drug-likeness (QED) is 0.752. The molecule has 2 rings (SSSR count). The molecule has 0 spiro atoms. The van der Waals surface area contributed by atoms with Crippen molar-refractivity contribution in [1.82, 2.24) is 5.32 Å². The van der Waals surface area contributed by atoms with Crippen molar-refractivity contribution in [3.8, 4) is 0 Å². The maximum absolute atomic E-state index is 12.4. The fourth-order valence-electron chi connectivity index (χ4n) is 3.15. The summed E-state index contributed by atoms with van der Waals surface area (Å²) in [5, 5.41) is 11.4. The zero-order valence-electron chi connectivity index (χ0n) is 14.6. The lowest BCUT2D eigenvalue weighted by Gasteiger charge is -2.28. The number of primary sulfonamides is 1. The van der Waals surface area contributed by atoms with E-state index in [2.05, 4.69) is 17.6 Å². The van der Waals surface area contributed by atoms with Crippen LogP contribution in [0.25, 0.3) is 0 Å². The molecule has 24 heavy (non-hydrogen) atoms. The first-order chi connectivity index (χ1) is 11.2. The summed E-state index contributed by atoms with van der Waals surface area (Å²) in [6, 6.07) is 2.96. The van der Waals surface area contributed by atoms with E-state index in [0.717, 1.165) is 37.1 Å². The number of nitrogens with one attached hydrogen (secondary N) is 2. The van der Waals surface area contributed by atoms with Crippen LogP contribution in [0.2, 0.25) is 0 Å². The van der Waals surface area contributed by atoms with E-state index in [4.69, 9.17) is 5.14 Å². The van der Waals surface area contributed by atoms with Crippen LogP contribution >= 0.6 is 0 Å². The predicted molar refractivity (Wildman–Crippen MR) is 95.3 cm³/mol. The molecule has 2 atom stereocenters. The van der Waals surface area contributed by atoms with Crippen molar-refractivity contribution in [2.45, 2.75) is 44.9 Å². The number of piperidine rings is 1. The standard InChI is InChI=1S/C17H27N3O3S/c1-11-7-15(24(18,22)23)9-16(13(11)3)20-17(21)8-12(2)14-5-4-6-19-10-14/h7,9,12,14,19H,4-6,8,10H2,1-3H3,(H,20,21)(H2,18,22,23). The summed E-state index contributed by atoms with van der Waals surface area (Å²) >= 11 is 0. The Morgan fingerprint density at radius 2 is 2.12 bits per heavy atom. The van der Waals surface area contributed by atoms with Gasteiger partial charge >= 0.3 is 0 Å². The SMILES string of the molecule is Cc1cc(S(N)(=O)=O)cc(NC(=O)CC(C)C2CCCNC2)c1C. The fraction of sp³-hybridized carbons (Fsp3) is 0.588. The van der Waals surface area contributed by atoms with Gasteiger partial charge in [0.1, 0.15) is 0 Å². The van der Waals surface area contributed by atoms with Crippen LogP contribution < -0.4 is 15.8 Å². The molecular formula is C17H27N3O3S. The number of anilines is 1. The molecule has 7 heteroatoms. The van der Waals surface area contributed by atoms with Gasteiger partial charge in [-0.25, -0.2) is 13.6 Å². The second-order valence-electron chi connectivity index (χ2n) is 6.79. The van der Waals surface area contributed by atoms with Crippen LogP contribution in [0.3, 0.4) is 0 Å². The number of carbonyl (C=O) groups excluding carboxylic acids is 1. The highest BCUT2D eigenvalue weighted by Gasteiger charge is 2.22. The van der Waals surface area contributed by atoms with Crippen LogP contribution in [0.1, 0.15) is 37.3 Å². The van der Waals surface area contributed by atoms with E-state index in [0.29, 0.717) is 18.0 Å². The van der Waals surface area contributed by atoms with E-state index in [-0.39, 0.29) is 16.7 Å². The minimum absolute atomic E-state index is 0.0189. The van der Waals surface area contributed by atoms with E-state index < -0.39 is 10.0 Å². The predicted octanol–water partition coefficient (Wildman–Crippen LogP) is 1.92. The Hall–Kier alpha value is -1.44. The summed E-state index contributed by atoms with van der Waals surface area (Å²) in [4.78, 5) is 12.4.